The van der Waals surface area contributed by atoms with E-state index in [1.165, 1.54) is 11.3 Å². The second-order valence-corrected chi connectivity index (χ2v) is 7.80. The molecular formula is C11H13Br2N3O2S. The summed E-state index contributed by atoms with van der Waals surface area (Å²) < 4.78 is 1.63. The highest BCUT2D eigenvalue weighted by molar-refractivity contribution is 9.12. The molecule has 104 valence electrons. The SMILES string of the molecule is O=C(NCC(=O)N1CCNCC1)c1cc(Br)sc1Br. The molecule has 0 saturated carbocycles. The number of piperazine rings is 1. The Kier molecular flexibility index (Phi) is 5.37. The average molecular weight is 411 g/mol. The molecule has 0 aromatic carbocycles. The minimum atomic E-state index is -0.239. The third-order valence-corrected chi connectivity index (χ3v) is 5.11. The molecular weight excluding hydrogens is 398 g/mol. The van der Waals surface area contributed by atoms with Crippen LogP contribution in [-0.4, -0.2) is 49.4 Å². The second kappa shape index (κ2) is 6.83. The van der Waals surface area contributed by atoms with Gasteiger partial charge >= 0.3 is 0 Å². The fourth-order valence-electron chi connectivity index (χ4n) is 1.77. The van der Waals surface area contributed by atoms with Gasteiger partial charge in [0, 0.05) is 26.2 Å². The summed E-state index contributed by atoms with van der Waals surface area (Å²) in [6, 6.07) is 1.74. The predicted octanol–water partition coefficient (Wildman–Crippen LogP) is 1.43. The first-order chi connectivity index (χ1) is 9.08. The van der Waals surface area contributed by atoms with Gasteiger partial charge in [0.2, 0.25) is 5.91 Å². The number of halogens is 2. The molecule has 2 rings (SSSR count). The van der Waals surface area contributed by atoms with Crippen molar-refractivity contribution in [1.29, 1.82) is 0 Å². The third-order valence-electron chi connectivity index (χ3n) is 2.77. The van der Waals surface area contributed by atoms with Gasteiger partial charge in [-0.05, 0) is 37.9 Å². The first-order valence-electron chi connectivity index (χ1n) is 5.79. The Morgan fingerprint density at radius 1 is 1.37 bits per heavy atom. The Bertz CT molecular complexity index is 486. The summed E-state index contributed by atoms with van der Waals surface area (Å²) in [7, 11) is 0. The van der Waals surface area contributed by atoms with Crippen LogP contribution in [0.5, 0.6) is 0 Å². The van der Waals surface area contributed by atoms with E-state index in [0.717, 1.165) is 20.7 Å². The molecule has 2 heterocycles. The van der Waals surface area contributed by atoms with Gasteiger partial charge in [0.15, 0.2) is 0 Å². The Balaban J connectivity index is 1.86. The molecule has 1 fully saturated rings. The molecule has 8 heteroatoms. The highest BCUT2D eigenvalue weighted by atomic mass is 79.9. The monoisotopic (exact) mass is 409 g/mol. The molecule has 2 N–H and O–H groups in total. The number of amides is 2. The quantitative estimate of drug-likeness (QED) is 0.792. The van der Waals surface area contributed by atoms with E-state index in [2.05, 4.69) is 42.5 Å². The fourth-order valence-corrected chi connectivity index (χ4v) is 4.57. The predicted molar refractivity (Wildman–Crippen MR) is 81.5 cm³/mol. The largest absolute Gasteiger partial charge is 0.343 e. The molecule has 0 atom stereocenters. The molecule has 0 unspecified atom stereocenters. The lowest BCUT2D eigenvalue weighted by molar-refractivity contribution is -0.130. The number of thiophene rings is 1. The van der Waals surface area contributed by atoms with Crippen molar-refractivity contribution in [3.63, 3.8) is 0 Å². The molecule has 1 aromatic rings. The van der Waals surface area contributed by atoms with E-state index in [-0.39, 0.29) is 18.4 Å². The van der Waals surface area contributed by atoms with Crippen LogP contribution < -0.4 is 10.6 Å². The number of hydrogen-bond donors (Lipinski definition) is 2. The maximum absolute atomic E-state index is 11.9. The fraction of sp³-hybridized carbons (Fsp3) is 0.455. The van der Waals surface area contributed by atoms with Gasteiger partial charge in [-0.15, -0.1) is 11.3 Å². The van der Waals surface area contributed by atoms with Gasteiger partial charge in [-0.3, -0.25) is 9.59 Å². The number of carbonyl (C=O) groups is 2. The Labute approximate surface area is 132 Å². The van der Waals surface area contributed by atoms with Crippen LogP contribution in [0.15, 0.2) is 13.6 Å². The van der Waals surface area contributed by atoms with E-state index in [1.807, 2.05) is 0 Å². The van der Waals surface area contributed by atoms with Crippen LogP contribution >= 0.6 is 43.2 Å². The van der Waals surface area contributed by atoms with Crippen molar-refractivity contribution in [3.8, 4) is 0 Å². The molecule has 1 aliphatic rings. The van der Waals surface area contributed by atoms with Crippen LogP contribution in [0.25, 0.3) is 0 Å². The van der Waals surface area contributed by atoms with Crippen molar-refractivity contribution in [2.24, 2.45) is 0 Å². The average Bonchev–Trinajstić information content (AvgIpc) is 2.75. The van der Waals surface area contributed by atoms with Gasteiger partial charge in [-0.25, -0.2) is 0 Å². The van der Waals surface area contributed by atoms with Crippen LogP contribution in [0.1, 0.15) is 10.4 Å². The van der Waals surface area contributed by atoms with E-state index >= 15 is 0 Å². The van der Waals surface area contributed by atoms with Crippen molar-refractivity contribution in [3.05, 3.63) is 19.2 Å². The molecule has 0 bridgehead atoms. The molecule has 1 aromatic heterocycles. The molecule has 0 aliphatic carbocycles. The minimum Gasteiger partial charge on any atom is -0.343 e. The maximum atomic E-state index is 11.9. The number of carbonyl (C=O) groups excluding carboxylic acids is 2. The summed E-state index contributed by atoms with van der Waals surface area (Å²) in [6.07, 6.45) is 0. The van der Waals surface area contributed by atoms with Crippen LogP contribution in [-0.2, 0) is 4.79 Å². The molecule has 5 nitrogen and oxygen atoms in total. The lowest BCUT2D eigenvalue weighted by Gasteiger charge is -2.27. The second-order valence-electron chi connectivity index (χ2n) is 4.05. The van der Waals surface area contributed by atoms with Crippen molar-refractivity contribution < 1.29 is 9.59 Å². The summed E-state index contributed by atoms with van der Waals surface area (Å²) >= 11 is 8.07. The lowest BCUT2D eigenvalue weighted by atomic mass is 10.3. The van der Waals surface area contributed by atoms with Gasteiger partial charge in [0.1, 0.15) is 0 Å². The van der Waals surface area contributed by atoms with Crippen molar-refractivity contribution >= 4 is 55.0 Å². The van der Waals surface area contributed by atoms with Crippen LogP contribution in [0, 0.1) is 0 Å². The van der Waals surface area contributed by atoms with Gasteiger partial charge in [0.05, 0.1) is 19.7 Å². The van der Waals surface area contributed by atoms with E-state index < -0.39 is 0 Å². The normalized spacial score (nSPS) is 15.4. The first-order valence-corrected chi connectivity index (χ1v) is 8.19. The summed E-state index contributed by atoms with van der Waals surface area (Å²) in [5, 5.41) is 5.83. The Morgan fingerprint density at radius 2 is 2.05 bits per heavy atom. The standard InChI is InChI=1S/C11H13Br2N3O2S/c12-8-5-7(10(13)19-8)11(18)15-6-9(17)16-3-1-14-2-4-16/h5,14H,1-4,6H2,(H,15,18). The zero-order chi connectivity index (χ0) is 13.8. The van der Waals surface area contributed by atoms with E-state index in [9.17, 15) is 9.59 Å². The van der Waals surface area contributed by atoms with Gasteiger partial charge in [-0.2, -0.15) is 0 Å². The zero-order valence-electron chi connectivity index (χ0n) is 10.0. The first kappa shape index (κ1) is 15.0. The summed E-state index contributed by atoms with van der Waals surface area (Å²) in [4.78, 5) is 25.6. The van der Waals surface area contributed by atoms with E-state index in [0.29, 0.717) is 18.7 Å². The van der Waals surface area contributed by atoms with Crippen molar-refractivity contribution in [2.45, 2.75) is 0 Å². The maximum Gasteiger partial charge on any atom is 0.253 e. The highest BCUT2D eigenvalue weighted by Crippen LogP contribution is 2.31. The Morgan fingerprint density at radius 3 is 2.63 bits per heavy atom. The number of nitrogens with zero attached hydrogens (tertiary/aromatic N) is 1. The van der Waals surface area contributed by atoms with Gasteiger partial charge < -0.3 is 15.5 Å². The molecule has 19 heavy (non-hydrogen) atoms. The molecule has 1 saturated heterocycles. The minimum absolute atomic E-state index is 0.0404. The molecule has 0 spiro atoms. The van der Waals surface area contributed by atoms with Gasteiger partial charge in [0.25, 0.3) is 5.91 Å². The van der Waals surface area contributed by atoms with Crippen molar-refractivity contribution in [2.75, 3.05) is 32.7 Å². The number of nitrogens with one attached hydrogen (secondary N) is 2. The lowest BCUT2D eigenvalue weighted by Crippen LogP contribution is -2.49. The topological polar surface area (TPSA) is 61.4 Å². The smallest absolute Gasteiger partial charge is 0.253 e. The molecule has 0 radical (unpaired) electrons. The summed E-state index contributed by atoms with van der Waals surface area (Å²) in [5.41, 5.74) is 0.546. The number of hydrogen-bond acceptors (Lipinski definition) is 4. The summed E-state index contributed by atoms with van der Waals surface area (Å²) in [6.45, 7) is 3.05. The van der Waals surface area contributed by atoms with Crippen LogP contribution in [0.4, 0.5) is 0 Å². The Hall–Kier alpha value is -0.440. The molecule has 2 amide bonds. The van der Waals surface area contributed by atoms with Crippen LogP contribution in [0.3, 0.4) is 0 Å². The van der Waals surface area contributed by atoms with E-state index in [4.69, 9.17) is 0 Å². The highest BCUT2D eigenvalue weighted by Gasteiger charge is 2.18. The van der Waals surface area contributed by atoms with Gasteiger partial charge in [-0.1, -0.05) is 0 Å². The van der Waals surface area contributed by atoms with E-state index in [1.54, 1.807) is 11.0 Å². The molecule has 1 aliphatic heterocycles. The third kappa shape index (κ3) is 4.01. The zero-order valence-corrected chi connectivity index (χ0v) is 14.0. The number of rotatable bonds is 3. The van der Waals surface area contributed by atoms with Crippen molar-refractivity contribution in [1.82, 2.24) is 15.5 Å². The van der Waals surface area contributed by atoms with Crippen LogP contribution in [0.2, 0.25) is 0 Å². The summed E-state index contributed by atoms with van der Waals surface area (Å²) in [5.74, 6) is -0.280.